The summed E-state index contributed by atoms with van der Waals surface area (Å²) in [6, 6.07) is 11.0. The van der Waals surface area contributed by atoms with Crippen molar-refractivity contribution in [3.05, 3.63) is 73.5 Å². The minimum atomic E-state index is -0.775. The Bertz CT molecular complexity index is 982. The Kier molecular flexibility index (Phi) is 4.31. The largest absolute Gasteiger partial charge is 0.421 e. The molecule has 0 bridgehead atoms. The Morgan fingerprint density at radius 2 is 1.74 bits per heavy atom. The predicted molar refractivity (Wildman–Crippen MR) is 91.9 cm³/mol. The number of rotatable bonds is 2. The van der Waals surface area contributed by atoms with Gasteiger partial charge < -0.3 is 9.73 Å². The molecule has 1 N–H and O–H groups in total. The van der Waals surface area contributed by atoms with E-state index < -0.39 is 11.5 Å². The predicted octanol–water partition coefficient (Wildman–Crippen LogP) is 5.01. The number of halogens is 3. The van der Waals surface area contributed by atoms with Crippen molar-refractivity contribution in [2.45, 2.75) is 0 Å². The summed E-state index contributed by atoms with van der Waals surface area (Å²) in [5.41, 5.74) is -0.255. The second kappa shape index (κ2) is 6.24. The molecule has 116 valence electrons. The maximum atomic E-state index is 12.3. The number of carbonyl (C=O) groups excluding carboxylic acids is 1. The van der Waals surface area contributed by atoms with Gasteiger partial charge in [-0.15, -0.1) is 0 Å². The molecular formula is C16H8Cl3NO3. The highest BCUT2D eigenvalue weighted by Crippen LogP contribution is 2.26. The number of hydrogen-bond donors (Lipinski definition) is 1. The van der Waals surface area contributed by atoms with Gasteiger partial charge in [-0.2, -0.15) is 0 Å². The molecule has 0 aliphatic carbocycles. The first-order chi connectivity index (χ1) is 11.0. The van der Waals surface area contributed by atoms with Gasteiger partial charge in [0.15, 0.2) is 5.58 Å². The second-order valence-electron chi connectivity index (χ2n) is 4.69. The maximum absolute atomic E-state index is 12.3. The molecule has 2 aromatic carbocycles. The van der Waals surface area contributed by atoms with Crippen molar-refractivity contribution in [3.63, 3.8) is 0 Å². The number of nitrogens with one attached hydrogen (secondary N) is 1. The zero-order chi connectivity index (χ0) is 16.6. The fourth-order valence-electron chi connectivity index (χ4n) is 2.04. The van der Waals surface area contributed by atoms with Crippen molar-refractivity contribution in [2.75, 3.05) is 5.32 Å². The van der Waals surface area contributed by atoms with Gasteiger partial charge in [0.2, 0.25) is 0 Å². The van der Waals surface area contributed by atoms with Crippen LogP contribution in [-0.2, 0) is 0 Å². The summed E-state index contributed by atoms with van der Waals surface area (Å²) in [5, 5.41) is 4.08. The van der Waals surface area contributed by atoms with Crippen LogP contribution in [0.1, 0.15) is 10.4 Å². The molecule has 23 heavy (non-hydrogen) atoms. The molecule has 0 fully saturated rings. The Balaban J connectivity index is 1.99. The number of benzene rings is 2. The molecule has 0 aliphatic heterocycles. The van der Waals surface area contributed by atoms with Gasteiger partial charge >= 0.3 is 5.63 Å². The van der Waals surface area contributed by atoms with Crippen LogP contribution in [0, 0.1) is 0 Å². The molecule has 4 nitrogen and oxygen atoms in total. The van der Waals surface area contributed by atoms with Gasteiger partial charge in [-0.05, 0) is 30.3 Å². The van der Waals surface area contributed by atoms with E-state index in [9.17, 15) is 9.59 Å². The molecule has 3 rings (SSSR count). The van der Waals surface area contributed by atoms with Crippen LogP contribution >= 0.6 is 34.8 Å². The third-order valence-electron chi connectivity index (χ3n) is 3.13. The highest BCUT2D eigenvalue weighted by molar-refractivity contribution is 6.42. The summed E-state index contributed by atoms with van der Waals surface area (Å²) in [5.74, 6) is -0.612. The Morgan fingerprint density at radius 3 is 2.48 bits per heavy atom. The molecule has 1 amide bonds. The van der Waals surface area contributed by atoms with Crippen LogP contribution < -0.4 is 10.9 Å². The fourth-order valence-corrected chi connectivity index (χ4v) is 2.56. The first-order valence-electron chi connectivity index (χ1n) is 6.44. The first-order valence-corrected chi connectivity index (χ1v) is 7.58. The Hall–Kier alpha value is -2.01. The van der Waals surface area contributed by atoms with Crippen molar-refractivity contribution in [1.29, 1.82) is 0 Å². The van der Waals surface area contributed by atoms with Crippen LogP contribution in [-0.4, -0.2) is 5.91 Å². The number of hydrogen-bond acceptors (Lipinski definition) is 3. The molecule has 0 spiro atoms. The van der Waals surface area contributed by atoms with Gasteiger partial charge in [0, 0.05) is 11.1 Å². The van der Waals surface area contributed by atoms with Gasteiger partial charge in [0.25, 0.3) is 5.91 Å². The van der Waals surface area contributed by atoms with E-state index in [2.05, 4.69) is 5.32 Å². The van der Waals surface area contributed by atoms with Crippen LogP contribution in [0.5, 0.6) is 0 Å². The van der Waals surface area contributed by atoms with Crippen molar-refractivity contribution in [1.82, 2.24) is 0 Å². The molecule has 1 aromatic heterocycles. The number of amides is 1. The third-order valence-corrected chi connectivity index (χ3v) is 4.17. The second-order valence-corrected chi connectivity index (χ2v) is 5.91. The highest BCUT2D eigenvalue weighted by Gasteiger charge is 2.15. The van der Waals surface area contributed by atoms with Gasteiger partial charge in [-0.3, -0.25) is 4.79 Å². The van der Waals surface area contributed by atoms with Gasteiger partial charge in [-0.25, -0.2) is 4.79 Å². The van der Waals surface area contributed by atoms with Crippen molar-refractivity contribution >= 4 is 57.4 Å². The zero-order valence-corrected chi connectivity index (χ0v) is 13.7. The lowest BCUT2D eigenvalue weighted by Crippen LogP contribution is -2.20. The average molecular weight is 369 g/mol. The topological polar surface area (TPSA) is 59.3 Å². The minimum Gasteiger partial charge on any atom is -0.421 e. The lowest BCUT2D eigenvalue weighted by atomic mass is 10.1. The SMILES string of the molecule is O=C(Nc1ccc(Cl)c(Cl)c1)c1cc2cccc(Cl)c2oc1=O. The number of fused-ring (bicyclic) bond motifs is 1. The normalized spacial score (nSPS) is 10.7. The summed E-state index contributed by atoms with van der Waals surface area (Å²) >= 11 is 17.7. The Morgan fingerprint density at radius 1 is 0.957 bits per heavy atom. The smallest absolute Gasteiger partial charge is 0.349 e. The number of para-hydroxylation sites is 1. The quantitative estimate of drug-likeness (QED) is 0.647. The lowest BCUT2D eigenvalue weighted by molar-refractivity contribution is 0.102. The third kappa shape index (κ3) is 3.20. The number of carbonyl (C=O) groups is 1. The minimum absolute atomic E-state index is 0.133. The molecule has 0 saturated heterocycles. The van der Waals surface area contributed by atoms with Crippen LogP contribution in [0.15, 0.2) is 51.7 Å². The number of anilines is 1. The van der Waals surface area contributed by atoms with Crippen molar-refractivity contribution in [2.24, 2.45) is 0 Å². The van der Waals surface area contributed by atoms with E-state index in [0.29, 0.717) is 26.1 Å². The fraction of sp³-hybridized carbons (Fsp3) is 0. The molecule has 7 heteroatoms. The van der Waals surface area contributed by atoms with Gasteiger partial charge in [0.1, 0.15) is 5.56 Å². The summed E-state index contributed by atoms with van der Waals surface area (Å²) < 4.78 is 5.13. The standard InChI is InChI=1S/C16H8Cl3NO3/c17-11-5-4-9(7-13(11)19)20-15(21)10-6-8-2-1-3-12(18)14(8)23-16(10)22/h1-7H,(H,20,21). The maximum Gasteiger partial charge on any atom is 0.349 e. The molecule has 0 radical (unpaired) electrons. The monoisotopic (exact) mass is 367 g/mol. The van der Waals surface area contributed by atoms with E-state index >= 15 is 0 Å². The van der Waals surface area contributed by atoms with E-state index in [4.69, 9.17) is 39.2 Å². The van der Waals surface area contributed by atoms with E-state index in [0.717, 1.165) is 0 Å². The summed E-state index contributed by atoms with van der Waals surface area (Å²) in [6.07, 6.45) is 0. The first kappa shape index (κ1) is 15.9. The molecule has 0 saturated carbocycles. The van der Waals surface area contributed by atoms with E-state index in [1.807, 2.05) is 0 Å². The highest BCUT2D eigenvalue weighted by atomic mass is 35.5. The van der Waals surface area contributed by atoms with Crippen LogP contribution in [0.25, 0.3) is 11.0 Å². The van der Waals surface area contributed by atoms with Crippen LogP contribution in [0.3, 0.4) is 0 Å². The summed E-state index contributed by atoms with van der Waals surface area (Å²) in [4.78, 5) is 24.3. The van der Waals surface area contributed by atoms with E-state index in [1.165, 1.54) is 12.1 Å². The molecule has 0 aliphatic rings. The molecule has 1 heterocycles. The van der Waals surface area contributed by atoms with Crippen LogP contribution in [0.2, 0.25) is 15.1 Å². The molecular weight excluding hydrogens is 361 g/mol. The summed E-state index contributed by atoms with van der Waals surface area (Å²) in [6.45, 7) is 0. The Labute approximate surface area is 145 Å². The van der Waals surface area contributed by atoms with E-state index in [-0.39, 0.29) is 11.1 Å². The van der Waals surface area contributed by atoms with Crippen molar-refractivity contribution < 1.29 is 9.21 Å². The molecule has 0 atom stereocenters. The van der Waals surface area contributed by atoms with E-state index in [1.54, 1.807) is 30.3 Å². The molecule has 3 aromatic rings. The van der Waals surface area contributed by atoms with Gasteiger partial charge in [0.05, 0.1) is 15.1 Å². The lowest BCUT2D eigenvalue weighted by Gasteiger charge is -2.06. The van der Waals surface area contributed by atoms with Gasteiger partial charge in [-0.1, -0.05) is 46.9 Å². The molecule has 0 unspecified atom stereocenters. The van der Waals surface area contributed by atoms with Crippen molar-refractivity contribution in [3.8, 4) is 0 Å². The summed E-state index contributed by atoms with van der Waals surface area (Å²) in [7, 11) is 0. The van der Waals surface area contributed by atoms with Crippen LogP contribution in [0.4, 0.5) is 5.69 Å². The average Bonchev–Trinajstić information content (AvgIpc) is 2.51. The zero-order valence-electron chi connectivity index (χ0n) is 11.4.